The molecule has 1 unspecified atom stereocenters. The molecule has 0 aliphatic carbocycles. The molecule has 0 bridgehead atoms. The van der Waals surface area contributed by atoms with Crippen LogP contribution in [0.1, 0.15) is 40.2 Å². The SMILES string of the molecule is COC(=O)c1cc(OCc2ccccc2)cc(C2CCCNC2)c1. The van der Waals surface area contributed by atoms with Crippen LogP contribution in [0.5, 0.6) is 5.75 Å². The number of carbonyl (C=O) groups excluding carboxylic acids is 1. The van der Waals surface area contributed by atoms with Gasteiger partial charge in [-0.25, -0.2) is 4.79 Å². The number of rotatable bonds is 5. The van der Waals surface area contributed by atoms with Gasteiger partial charge in [0.15, 0.2) is 0 Å². The molecule has 0 saturated carbocycles. The van der Waals surface area contributed by atoms with Crippen LogP contribution in [0.3, 0.4) is 0 Å². The summed E-state index contributed by atoms with van der Waals surface area (Å²) in [6.45, 7) is 2.47. The largest absolute Gasteiger partial charge is 0.489 e. The van der Waals surface area contributed by atoms with Gasteiger partial charge in [0.1, 0.15) is 12.4 Å². The highest BCUT2D eigenvalue weighted by Gasteiger charge is 2.18. The average molecular weight is 325 g/mol. The first-order valence-electron chi connectivity index (χ1n) is 8.37. The number of esters is 1. The smallest absolute Gasteiger partial charge is 0.337 e. The zero-order valence-electron chi connectivity index (χ0n) is 14.0. The molecule has 0 spiro atoms. The number of ether oxygens (including phenoxy) is 2. The van der Waals surface area contributed by atoms with Crippen molar-refractivity contribution in [2.45, 2.75) is 25.4 Å². The van der Waals surface area contributed by atoms with Gasteiger partial charge in [0.05, 0.1) is 12.7 Å². The van der Waals surface area contributed by atoms with Gasteiger partial charge in [-0.1, -0.05) is 30.3 Å². The van der Waals surface area contributed by atoms with E-state index in [4.69, 9.17) is 9.47 Å². The van der Waals surface area contributed by atoms with Gasteiger partial charge in [-0.2, -0.15) is 0 Å². The molecule has 24 heavy (non-hydrogen) atoms. The van der Waals surface area contributed by atoms with Crippen molar-refractivity contribution in [1.82, 2.24) is 5.32 Å². The lowest BCUT2D eigenvalue weighted by atomic mass is 9.90. The molecule has 1 aliphatic heterocycles. The fraction of sp³-hybridized carbons (Fsp3) is 0.350. The zero-order chi connectivity index (χ0) is 16.8. The summed E-state index contributed by atoms with van der Waals surface area (Å²) in [6, 6.07) is 15.7. The lowest BCUT2D eigenvalue weighted by Gasteiger charge is -2.24. The van der Waals surface area contributed by atoms with Crippen LogP contribution in [0.2, 0.25) is 0 Å². The maximum Gasteiger partial charge on any atom is 0.337 e. The van der Waals surface area contributed by atoms with E-state index in [0.717, 1.165) is 37.1 Å². The molecular weight excluding hydrogens is 302 g/mol. The van der Waals surface area contributed by atoms with Crippen molar-refractivity contribution < 1.29 is 14.3 Å². The normalized spacial score (nSPS) is 17.3. The van der Waals surface area contributed by atoms with Crippen molar-refractivity contribution in [1.29, 1.82) is 0 Å². The van der Waals surface area contributed by atoms with Crippen LogP contribution in [0.15, 0.2) is 48.5 Å². The van der Waals surface area contributed by atoms with Gasteiger partial charge in [-0.3, -0.25) is 0 Å². The molecule has 3 rings (SSSR count). The molecule has 4 nitrogen and oxygen atoms in total. The molecular formula is C20H23NO3. The summed E-state index contributed by atoms with van der Waals surface area (Å²) < 4.78 is 10.8. The monoisotopic (exact) mass is 325 g/mol. The van der Waals surface area contributed by atoms with Gasteiger partial charge < -0.3 is 14.8 Å². The van der Waals surface area contributed by atoms with E-state index in [1.807, 2.05) is 42.5 Å². The van der Waals surface area contributed by atoms with Crippen molar-refractivity contribution in [3.63, 3.8) is 0 Å². The Morgan fingerprint density at radius 1 is 1.21 bits per heavy atom. The second kappa shape index (κ2) is 7.97. The average Bonchev–Trinajstić information content (AvgIpc) is 2.67. The number of hydrogen-bond donors (Lipinski definition) is 1. The molecule has 126 valence electrons. The number of hydrogen-bond acceptors (Lipinski definition) is 4. The van der Waals surface area contributed by atoms with Crippen molar-refractivity contribution >= 4 is 5.97 Å². The van der Waals surface area contributed by atoms with Crippen LogP contribution in [-0.4, -0.2) is 26.2 Å². The molecule has 0 radical (unpaired) electrons. The molecule has 1 saturated heterocycles. The van der Waals surface area contributed by atoms with Gasteiger partial charge >= 0.3 is 5.97 Å². The Hall–Kier alpha value is -2.33. The first-order chi connectivity index (χ1) is 11.8. The minimum absolute atomic E-state index is 0.329. The maximum absolute atomic E-state index is 12.0. The first-order valence-corrected chi connectivity index (χ1v) is 8.37. The summed E-state index contributed by atoms with van der Waals surface area (Å²) in [6.07, 6.45) is 2.27. The molecule has 1 aliphatic rings. The van der Waals surface area contributed by atoms with Crippen LogP contribution in [0.25, 0.3) is 0 Å². The molecule has 2 aromatic rings. The lowest BCUT2D eigenvalue weighted by Crippen LogP contribution is -2.28. The predicted molar refractivity (Wildman–Crippen MR) is 93.4 cm³/mol. The molecule has 1 N–H and O–H groups in total. The number of piperidine rings is 1. The summed E-state index contributed by atoms with van der Waals surface area (Å²) in [5, 5.41) is 3.42. The zero-order valence-corrected chi connectivity index (χ0v) is 14.0. The van der Waals surface area contributed by atoms with Crippen molar-refractivity contribution in [2.24, 2.45) is 0 Å². The van der Waals surface area contributed by atoms with E-state index < -0.39 is 0 Å². The second-order valence-corrected chi connectivity index (χ2v) is 6.10. The third-order valence-corrected chi connectivity index (χ3v) is 4.37. The third kappa shape index (κ3) is 4.15. The van der Waals surface area contributed by atoms with Gasteiger partial charge in [0.2, 0.25) is 0 Å². The number of carbonyl (C=O) groups is 1. The van der Waals surface area contributed by atoms with Crippen LogP contribution in [0.4, 0.5) is 0 Å². The summed E-state index contributed by atoms with van der Waals surface area (Å²) in [4.78, 5) is 12.0. The second-order valence-electron chi connectivity index (χ2n) is 6.10. The lowest BCUT2D eigenvalue weighted by molar-refractivity contribution is 0.0600. The fourth-order valence-electron chi connectivity index (χ4n) is 3.05. The van der Waals surface area contributed by atoms with Crippen LogP contribution < -0.4 is 10.1 Å². The number of methoxy groups -OCH3 is 1. The van der Waals surface area contributed by atoms with E-state index in [1.165, 1.54) is 7.11 Å². The summed E-state index contributed by atoms with van der Waals surface area (Å²) in [5.74, 6) is 0.787. The number of nitrogens with one attached hydrogen (secondary N) is 1. The minimum Gasteiger partial charge on any atom is -0.489 e. The molecule has 1 heterocycles. The predicted octanol–water partition coefficient (Wildman–Crippen LogP) is 3.52. The van der Waals surface area contributed by atoms with E-state index in [0.29, 0.717) is 23.8 Å². The molecule has 0 aromatic heterocycles. The van der Waals surface area contributed by atoms with E-state index in [2.05, 4.69) is 5.32 Å². The first kappa shape index (κ1) is 16.5. The van der Waals surface area contributed by atoms with E-state index in [-0.39, 0.29) is 5.97 Å². The van der Waals surface area contributed by atoms with Crippen molar-refractivity contribution in [2.75, 3.05) is 20.2 Å². The maximum atomic E-state index is 12.0. The molecule has 0 amide bonds. The van der Waals surface area contributed by atoms with Crippen molar-refractivity contribution in [3.8, 4) is 5.75 Å². The molecule has 1 atom stereocenters. The molecule has 1 fully saturated rings. The minimum atomic E-state index is -0.329. The summed E-state index contributed by atoms with van der Waals surface area (Å²) in [7, 11) is 1.40. The van der Waals surface area contributed by atoms with E-state index in [9.17, 15) is 4.79 Å². The molecule has 2 aromatic carbocycles. The van der Waals surface area contributed by atoms with Gasteiger partial charge in [-0.05, 0) is 54.6 Å². The van der Waals surface area contributed by atoms with E-state index >= 15 is 0 Å². The van der Waals surface area contributed by atoms with Gasteiger partial charge in [0, 0.05) is 6.54 Å². The van der Waals surface area contributed by atoms with Gasteiger partial charge in [0.25, 0.3) is 0 Å². The highest BCUT2D eigenvalue weighted by molar-refractivity contribution is 5.90. The van der Waals surface area contributed by atoms with Gasteiger partial charge in [-0.15, -0.1) is 0 Å². The van der Waals surface area contributed by atoms with Crippen LogP contribution in [-0.2, 0) is 11.3 Å². The number of benzene rings is 2. The Labute approximate surface area is 142 Å². The highest BCUT2D eigenvalue weighted by atomic mass is 16.5. The van der Waals surface area contributed by atoms with Crippen LogP contribution >= 0.6 is 0 Å². The summed E-state index contributed by atoms with van der Waals surface area (Å²) >= 11 is 0. The topological polar surface area (TPSA) is 47.6 Å². The van der Waals surface area contributed by atoms with E-state index in [1.54, 1.807) is 6.07 Å². The summed E-state index contributed by atoms with van der Waals surface area (Å²) in [5.41, 5.74) is 2.78. The Morgan fingerprint density at radius 3 is 2.75 bits per heavy atom. The Bertz CT molecular complexity index is 679. The highest BCUT2D eigenvalue weighted by Crippen LogP contribution is 2.28. The Kier molecular flexibility index (Phi) is 5.49. The van der Waals surface area contributed by atoms with Crippen molar-refractivity contribution in [3.05, 3.63) is 65.2 Å². The quantitative estimate of drug-likeness (QED) is 0.855. The fourth-order valence-corrected chi connectivity index (χ4v) is 3.05. The Balaban J connectivity index is 1.82. The third-order valence-electron chi connectivity index (χ3n) is 4.37. The standard InChI is InChI=1S/C20H23NO3/c1-23-20(22)18-10-17(16-8-5-9-21-13-16)11-19(12-18)24-14-15-6-3-2-4-7-15/h2-4,6-7,10-12,16,21H,5,8-9,13-14H2,1H3. The molecule has 4 heteroatoms. The Morgan fingerprint density at radius 2 is 2.04 bits per heavy atom. The van der Waals surface area contributed by atoms with Crippen LogP contribution in [0, 0.1) is 0 Å².